The molecule has 0 N–H and O–H groups in total. The van der Waals surface area contributed by atoms with Crippen LogP contribution in [0.4, 0.5) is 5.69 Å². The van der Waals surface area contributed by atoms with E-state index >= 15 is 0 Å². The highest BCUT2D eigenvalue weighted by atomic mass is 32.1. The second-order valence-electron chi connectivity index (χ2n) is 5.18. The molecule has 0 aliphatic rings. The van der Waals surface area contributed by atoms with Crippen molar-refractivity contribution in [2.75, 3.05) is 19.0 Å². The summed E-state index contributed by atoms with van der Waals surface area (Å²) in [6.07, 6.45) is 4.45. The molecule has 5 nitrogen and oxygen atoms in total. The number of nitrogens with zero attached hydrogens (tertiary/aromatic N) is 3. The van der Waals surface area contributed by atoms with Crippen LogP contribution in [0.2, 0.25) is 0 Å². The van der Waals surface area contributed by atoms with E-state index in [2.05, 4.69) is 16.9 Å². The molecule has 0 aliphatic carbocycles. The van der Waals surface area contributed by atoms with Crippen molar-refractivity contribution < 1.29 is 4.42 Å². The molecule has 3 heterocycles. The lowest BCUT2D eigenvalue weighted by Gasteiger charge is -2.13. The Hall–Kier alpha value is -1.95. The number of aromatic nitrogens is 2. The van der Waals surface area contributed by atoms with E-state index in [-0.39, 0.29) is 5.63 Å². The van der Waals surface area contributed by atoms with Crippen LogP contribution in [0.3, 0.4) is 0 Å². The van der Waals surface area contributed by atoms with Gasteiger partial charge in [0, 0.05) is 26.7 Å². The zero-order valence-electron chi connectivity index (χ0n) is 12.3. The molecule has 0 aliphatic heterocycles. The van der Waals surface area contributed by atoms with E-state index in [1.165, 1.54) is 11.3 Å². The molecule has 6 heteroatoms. The molecule has 0 bridgehead atoms. The normalized spacial score (nSPS) is 11.4. The van der Waals surface area contributed by atoms with Gasteiger partial charge < -0.3 is 9.32 Å². The van der Waals surface area contributed by atoms with Gasteiger partial charge in [-0.25, -0.2) is 14.8 Å². The fraction of sp³-hybridized carbons (Fsp3) is 0.400. The van der Waals surface area contributed by atoms with E-state index in [4.69, 9.17) is 4.42 Å². The SMILES string of the molecule is CCCCc1nc2c(sc3nccc(N(C)C)c32)c(=O)o1. The van der Waals surface area contributed by atoms with E-state index in [0.29, 0.717) is 22.5 Å². The first-order valence-corrected chi connectivity index (χ1v) is 7.82. The molecule has 3 aromatic heterocycles. The summed E-state index contributed by atoms with van der Waals surface area (Å²) < 4.78 is 5.87. The Bertz CT molecular complexity index is 851. The minimum absolute atomic E-state index is 0.307. The molecular formula is C15H17N3O2S. The number of anilines is 1. The molecule has 0 aromatic carbocycles. The summed E-state index contributed by atoms with van der Waals surface area (Å²) in [5.41, 5.74) is 1.43. The smallest absolute Gasteiger partial charge is 0.357 e. The first-order chi connectivity index (χ1) is 10.1. The largest absolute Gasteiger partial charge is 0.407 e. The number of hydrogen-bond donors (Lipinski definition) is 0. The number of unbranched alkanes of at least 4 members (excludes halogenated alkanes) is 1. The van der Waals surface area contributed by atoms with E-state index in [1.54, 1.807) is 6.20 Å². The Balaban J connectivity index is 2.33. The number of thiophene rings is 1. The zero-order chi connectivity index (χ0) is 15.0. The van der Waals surface area contributed by atoms with Crippen LogP contribution in [0.5, 0.6) is 0 Å². The van der Waals surface area contributed by atoms with Gasteiger partial charge in [0.15, 0.2) is 5.89 Å². The highest BCUT2D eigenvalue weighted by Gasteiger charge is 2.17. The highest BCUT2D eigenvalue weighted by Crippen LogP contribution is 2.35. The number of fused-ring (bicyclic) bond motifs is 3. The Morgan fingerprint density at radius 2 is 2.19 bits per heavy atom. The van der Waals surface area contributed by atoms with Crippen LogP contribution < -0.4 is 10.5 Å². The Kier molecular flexibility index (Phi) is 3.63. The third-order valence-corrected chi connectivity index (χ3v) is 4.47. The molecule has 21 heavy (non-hydrogen) atoms. The zero-order valence-corrected chi connectivity index (χ0v) is 13.2. The molecule has 0 saturated heterocycles. The summed E-state index contributed by atoms with van der Waals surface area (Å²) in [5, 5.41) is 0.938. The van der Waals surface area contributed by atoms with Crippen molar-refractivity contribution in [1.29, 1.82) is 0 Å². The summed E-state index contributed by atoms with van der Waals surface area (Å²) in [6.45, 7) is 2.10. The second kappa shape index (κ2) is 5.44. The fourth-order valence-corrected chi connectivity index (χ4v) is 3.32. The summed E-state index contributed by atoms with van der Waals surface area (Å²) in [4.78, 5) is 24.0. The van der Waals surface area contributed by atoms with Gasteiger partial charge in [-0.05, 0) is 12.5 Å². The fourth-order valence-electron chi connectivity index (χ4n) is 2.35. The van der Waals surface area contributed by atoms with Gasteiger partial charge in [-0.3, -0.25) is 0 Å². The molecule has 0 amide bonds. The second-order valence-corrected chi connectivity index (χ2v) is 6.18. The summed E-state index contributed by atoms with van der Waals surface area (Å²) in [5.74, 6) is 0.516. The monoisotopic (exact) mass is 303 g/mol. The summed E-state index contributed by atoms with van der Waals surface area (Å²) in [7, 11) is 3.95. The third-order valence-electron chi connectivity index (χ3n) is 3.40. The van der Waals surface area contributed by atoms with Crippen LogP contribution in [0.25, 0.3) is 20.4 Å². The van der Waals surface area contributed by atoms with Crippen molar-refractivity contribution >= 4 is 37.5 Å². The number of hydrogen-bond acceptors (Lipinski definition) is 6. The topological polar surface area (TPSA) is 59.2 Å². The predicted molar refractivity (Wildman–Crippen MR) is 86.4 cm³/mol. The van der Waals surface area contributed by atoms with E-state index in [9.17, 15) is 4.79 Å². The molecule has 3 aromatic rings. The molecule has 0 atom stereocenters. The number of pyridine rings is 1. The van der Waals surface area contributed by atoms with Gasteiger partial charge in [0.2, 0.25) is 0 Å². The summed E-state index contributed by atoms with van der Waals surface area (Å²) in [6, 6.07) is 1.94. The van der Waals surface area contributed by atoms with Crippen LogP contribution in [0.15, 0.2) is 21.5 Å². The molecule has 0 spiro atoms. The summed E-state index contributed by atoms with van der Waals surface area (Å²) >= 11 is 1.35. The Morgan fingerprint density at radius 3 is 2.90 bits per heavy atom. The molecule has 3 rings (SSSR count). The van der Waals surface area contributed by atoms with Gasteiger partial charge in [-0.15, -0.1) is 11.3 Å². The van der Waals surface area contributed by atoms with Crippen molar-refractivity contribution in [2.45, 2.75) is 26.2 Å². The highest BCUT2D eigenvalue weighted by molar-refractivity contribution is 7.25. The van der Waals surface area contributed by atoms with Gasteiger partial charge in [0.25, 0.3) is 0 Å². The van der Waals surface area contributed by atoms with Crippen LogP contribution >= 0.6 is 11.3 Å². The van der Waals surface area contributed by atoms with Crippen LogP contribution in [0.1, 0.15) is 25.7 Å². The molecule has 110 valence electrons. The van der Waals surface area contributed by atoms with Crippen molar-refractivity contribution in [3.8, 4) is 0 Å². The lowest BCUT2D eigenvalue weighted by Crippen LogP contribution is -2.09. The minimum Gasteiger partial charge on any atom is -0.407 e. The predicted octanol–water partition coefficient (Wildman–Crippen LogP) is 3.21. The van der Waals surface area contributed by atoms with Gasteiger partial charge >= 0.3 is 5.63 Å². The minimum atomic E-state index is -0.307. The van der Waals surface area contributed by atoms with Crippen molar-refractivity contribution in [2.24, 2.45) is 0 Å². The Morgan fingerprint density at radius 1 is 1.38 bits per heavy atom. The van der Waals surface area contributed by atoms with Crippen LogP contribution in [0, 0.1) is 0 Å². The first kappa shape index (κ1) is 14.0. The third kappa shape index (κ3) is 2.40. The molecule has 0 unspecified atom stereocenters. The number of aryl methyl sites for hydroxylation is 1. The molecular weight excluding hydrogens is 286 g/mol. The van der Waals surface area contributed by atoms with Crippen LogP contribution in [-0.4, -0.2) is 24.1 Å². The Labute approximate surface area is 126 Å². The van der Waals surface area contributed by atoms with Gasteiger partial charge in [-0.2, -0.15) is 0 Å². The number of rotatable bonds is 4. The quantitative estimate of drug-likeness (QED) is 0.740. The van der Waals surface area contributed by atoms with Crippen molar-refractivity contribution in [3.05, 3.63) is 28.6 Å². The van der Waals surface area contributed by atoms with Crippen molar-refractivity contribution in [1.82, 2.24) is 9.97 Å². The first-order valence-electron chi connectivity index (χ1n) is 7.00. The van der Waals surface area contributed by atoms with E-state index in [1.807, 2.05) is 25.1 Å². The van der Waals surface area contributed by atoms with Gasteiger partial charge in [0.1, 0.15) is 15.0 Å². The van der Waals surface area contributed by atoms with Crippen LogP contribution in [-0.2, 0) is 6.42 Å². The van der Waals surface area contributed by atoms with E-state index < -0.39 is 0 Å². The average molecular weight is 303 g/mol. The molecule has 0 radical (unpaired) electrons. The van der Waals surface area contributed by atoms with Gasteiger partial charge in [-0.1, -0.05) is 13.3 Å². The van der Waals surface area contributed by atoms with Crippen molar-refractivity contribution in [3.63, 3.8) is 0 Å². The lowest BCUT2D eigenvalue weighted by atomic mass is 10.2. The van der Waals surface area contributed by atoms with Gasteiger partial charge in [0.05, 0.1) is 11.1 Å². The average Bonchev–Trinajstić information content (AvgIpc) is 2.84. The molecule has 0 fully saturated rings. The maximum Gasteiger partial charge on any atom is 0.357 e. The standard InChI is InChI=1S/C15H17N3O2S/c1-4-5-6-10-17-12-11-9(18(2)3)7-8-16-14(11)21-13(12)15(19)20-10/h7-8H,4-6H2,1-3H3. The van der Waals surface area contributed by atoms with E-state index in [0.717, 1.165) is 28.7 Å². The maximum atomic E-state index is 12.2. The lowest BCUT2D eigenvalue weighted by molar-refractivity contribution is 0.439. The maximum absolute atomic E-state index is 12.2. The molecule has 0 saturated carbocycles.